The minimum absolute atomic E-state index is 0.000265. The van der Waals surface area contributed by atoms with Gasteiger partial charge in [-0.2, -0.15) is 0 Å². The summed E-state index contributed by atoms with van der Waals surface area (Å²) >= 11 is 3.19. The monoisotopic (exact) mass is 535 g/mol. The Kier molecular flexibility index (Phi) is 8.03. The van der Waals surface area contributed by atoms with Crippen LogP contribution in [0.2, 0.25) is 0 Å². The number of benzene rings is 2. The predicted octanol–water partition coefficient (Wildman–Crippen LogP) is 4.94. The van der Waals surface area contributed by atoms with Gasteiger partial charge < -0.3 is 14.8 Å². The number of alkyl carbamates (subject to hydrolysis) is 1. The van der Waals surface area contributed by atoms with Gasteiger partial charge in [0.1, 0.15) is 34.6 Å². The molecular weight excluding hydrogens is 512 g/mol. The van der Waals surface area contributed by atoms with Crippen LogP contribution < -0.4 is 15.6 Å². The molecule has 0 aliphatic rings. The summed E-state index contributed by atoms with van der Waals surface area (Å²) in [5, 5.41) is 2.70. The summed E-state index contributed by atoms with van der Waals surface area (Å²) in [6.45, 7) is 5.65. The zero-order valence-corrected chi connectivity index (χ0v) is 20.5. The fourth-order valence-corrected chi connectivity index (χ4v) is 3.41. The van der Waals surface area contributed by atoms with Crippen molar-refractivity contribution in [3.8, 4) is 5.88 Å². The molecule has 0 radical (unpaired) electrons. The van der Waals surface area contributed by atoms with Crippen molar-refractivity contribution in [2.75, 3.05) is 0 Å². The highest BCUT2D eigenvalue weighted by Gasteiger charge is 2.16. The van der Waals surface area contributed by atoms with Crippen LogP contribution in [-0.4, -0.2) is 21.2 Å². The largest absolute Gasteiger partial charge is 0.472 e. The Morgan fingerprint density at radius 2 is 1.88 bits per heavy atom. The Balaban J connectivity index is 1.66. The third-order valence-electron chi connectivity index (χ3n) is 4.51. The molecule has 3 aromatic rings. The highest BCUT2D eigenvalue weighted by molar-refractivity contribution is 9.10. The lowest BCUT2D eigenvalue weighted by Crippen LogP contribution is -2.32. The molecule has 0 spiro atoms. The van der Waals surface area contributed by atoms with Crippen molar-refractivity contribution in [1.29, 1.82) is 0 Å². The third kappa shape index (κ3) is 7.11. The van der Waals surface area contributed by atoms with Crippen LogP contribution in [0.3, 0.4) is 0 Å². The van der Waals surface area contributed by atoms with Gasteiger partial charge >= 0.3 is 6.09 Å². The van der Waals surface area contributed by atoms with E-state index in [-0.39, 0.29) is 41.2 Å². The Labute approximate surface area is 203 Å². The van der Waals surface area contributed by atoms with Gasteiger partial charge in [-0.25, -0.2) is 18.6 Å². The smallest absolute Gasteiger partial charge is 0.407 e. The van der Waals surface area contributed by atoms with Crippen molar-refractivity contribution in [2.24, 2.45) is 0 Å². The molecule has 1 aromatic heterocycles. The molecule has 2 aromatic carbocycles. The summed E-state index contributed by atoms with van der Waals surface area (Å²) < 4.78 is 39.0. The molecule has 0 unspecified atom stereocenters. The van der Waals surface area contributed by atoms with Gasteiger partial charge in [-0.3, -0.25) is 9.36 Å². The van der Waals surface area contributed by atoms with Crippen LogP contribution in [0, 0.1) is 11.6 Å². The predicted molar refractivity (Wildman–Crippen MR) is 126 cm³/mol. The quantitative estimate of drug-likeness (QED) is 0.463. The first-order chi connectivity index (χ1) is 16.0. The Morgan fingerprint density at radius 3 is 2.59 bits per heavy atom. The van der Waals surface area contributed by atoms with Crippen LogP contribution in [-0.2, 0) is 24.4 Å². The molecule has 1 amide bonds. The van der Waals surface area contributed by atoms with Crippen molar-refractivity contribution in [2.45, 2.75) is 46.1 Å². The van der Waals surface area contributed by atoms with Gasteiger partial charge in [0.2, 0.25) is 5.88 Å². The summed E-state index contributed by atoms with van der Waals surface area (Å²) in [6, 6.07) is 10.5. The second-order valence-electron chi connectivity index (χ2n) is 8.50. The molecule has 0 aliphatic carbocycles. The van der Waals surface area contributed by atoms with E-state index in [1.165, 1.54) is 17.0 Å². The number of amides is 1. The number of carbonyl (C=O) groups excluding carboxylic acids is 1. The summed E-state index contributed by atoms with van der Waals surface area (Å²) in [5.74, 6) is -1.43. The average Bonchev–Trinajstić information content (AvgIpc) is 2.75. The van der Waals surface area contributed by atoms with Crippen LogP contribution in [0.15, 0.2) is 58.1 Å². The number of hydrogen-bond acceptors (Lipinski definition) is 5. The Hall–Kier alpha value is -3.27. The van der Waals surface area contributed by atoms with Crippen molar-refractivity contribution < 1.29 is 23.0 Å². The topological polar surface area (TPSA) is 82.4 Å². The highest BCUT2D eigenvalue weighted by atomic mass is 79.9. The zero-order chi connectivity index (χ0) is 24.9. The second kappa shape index (κ2) is 10.8. The van der Waals surface area contributed by atoms with Gasteiger partial charge in [-0.1, -0.05) is 24.3 Å². The van der Waals surface area contributed by atoms with E-state index < -0.39 is 23.3 Å². The van der Waals surface area contributed by atoms with Crippen molar-refractivity contribution in [1.82, 2.24) is 14.9 Å². The second-order valence-corrected chi connectivity index (χ2v) is 9.29. The summed E-state index contributed by atoms with van der Waals surface area (Å²) in [6.07, 6.45) is 0.813. The lowest BCUT2D eigenvalue weighted by atomic mass is 10.1. The molecule has 7 nitrogen and oxygen atoms in total. The molecule has 0 saturated carbocycles. The molecule has 0 bridgehead atoms. The standard InChI is InChI=1S/C24H24BrF2N3O4/c1-24(2,3)34-23(32)28-11-15-5-4-6-16(9-15)12-30-14-29-21(20(25)22(30)31)33-13-17-7-8-18(26)10-19(17)27/h4-10,14H,11-13H2,1-3H3,(H,28,32). The molecule has 0 aliphatic heterocycles. The SMILES string of the molecule is CC(C)(C)OC(=O)NCc1cccc(Cn2cnc(OCc3ccc(F)cc3F)c(Br)c2=O)c1. The van der Waals surface area contributed by atoms with Crippen molar-refractivity contribution in [3.05, 3.63) is 91.9 Å². The number of aromatic nitrogens is 2. The molecule has 3 rings (SSSR count). The molecule has 0 atom stereocenters. The summed E-state index contributed by atoms with van der Waals surface area (Å²) in [4.78, 5) is 28.7. The van der Waals surface area contributed by atoms with Crippen molar-refractivity contribution in [3.63, 3.8) is 0 Å². The van der Waals surface area contributed by atoms with E-state index in [0.29, 0.717) is 0 Å². The van der Waals surface area contributed by atoms with Gasteiger partial charge in [0.05, 0.1) is 6.54 Å². The van der Waals surface area contributed by atoms with Crippen LogP contribution >= 0.6 is 15.9 Å². The lowest BCUT2D eigenvalue weighted by Gasteiger charge is -2.19. The first-order valence-electron chi connectivity index (χ1n) is 10.4. The van der Waals surface area contributed by atoms with E-state index in [0.717, 1.165) is 23.3 Å². The number of nitrogens with zero attached hydrogens (tertiary/aromatic N) is 2. The van der Waals surface area contributed by atoms with E-state index in [1.54, 1.807) is 20.8 Å². The minimum atomic E-state index is -0.745. The molecule has 1 heterocycles. The molecule has 1 N–H and O–H groups in total. The fraction of sp³-hybridized carbons (Fsp3) is 0.292. The number of ether oxygens (including phenoxy) is 2. The minimum Gasteiger partial charge on any atom is -0.472 e. The van der Waals surface area contributed by atoms with Gasteiger partial charge in [0, 0.05) is 18.2 Å². The number of hydrogen-bond donors (Lipinski definition) is 1. The molecule has 0 fully saturated rings. The van der Waals surface area contributed by atoms with Crippen LogP contribution in [0.5, 0.6) is 5.88 Å². The maximum atomic E-state index is 13.8. The van der Waals surface area contributed by atoms with Gasteiger partial charge in [0.25, 0.3) is 5.56 Å². The van der Waals surface area contributed by atoms with E-state index in [4.69, 9.17) is 9.47 Å². The molecule has 0 saturated heterocycles. The molecular formula is C24H24BrF2N3O4. The molecule has 34 heavy (non-hydrogen) atoms. The first kappa shape index (κ1) is 25.4. The lowest BCUT2D eigenvalue weighted by molar-refractivity contribution is 0.0523. The van der Waals surface area contributed by atoms with E-state index in [1.807, 2.05) is 24.3 Å². The maximum absolute atomic E-state index is 13.8. The summed E-state index contributed by atoms with van der Waals surface area (Å²) in [5.41, 5.74) is 0.820. The molecule has 180 valence electrons. The third-order valence-corrected chi connectivity index (χ3v) is 5.19. The number of rotatable bonds is 7. The van der Waals surface area contributed by atoms with E-state index in [9.17, 15) is 18.4 Å². The fourth-order valence-electron chi connectivity index (χ4n) is 2.97. The Morgan fingerprint density at radius 1 is 1.15 bits per heavy atom. The van der Waals surface area contributed by atoms with E-state index in [2.05, 4.69) is 26.2 Å². The number of nitrogens with one attached hydrogen (secondary N) is 1. The first-order valence-corrected chi connectivity index (χ1v) is 11.2. The number of carbonyl (C=O) groups is 1. The Bertz CT molecular complexity index is 1240. The van der Waals surface area contributed by atoms with Crippen molar-refractivity contribution >= 4 is 22.0 Å². The van der Waals surface area contributed by atoms with Crippen LogP contribution in [0.25, 0.3) is 0 Å². The maximum Gasteiger partial charge on any atom is 0.407 e. The zero-order valence-electron chi connectivity index (χ0n) is 18.9. The summed E-state index contributed by atoms with van der Waals surface area (Å²) in [7, 11) is 0. The molecule has 10 heteroatoms. The highest BCUT2D eigenvalue weighted by Crippen LogP contribution is 2.20. The normalized spacial score (nSPS) is 11.2. The van der Waals surface area contributed by atoms with E-state index >= 15 is 0 Å². The van der Waals surface area contributed by atoms with Gasteiger partial charge in [-0.05, 0) is 60.0 Å². The van der Waals surface area contributed by atoms with Crippen LogP contribution in [0.1, 0.15) is 37.5 Å². The van der Waals surface area contributed by atoms with Gasteiger partial charge in [0.15, 0.2) is 0 Å². The average molecular weight is 536 g/mol. The van der Waals surface area contributed by atoms with Crippen LogP contribution in [0.4, 0.5) is 13.6 Å². The van der Waals surface area contributed by atoms with Gasteiger partial charge in [-0.15, -0.1) is 0 Å². The number of halogens is 3.